The number of hydrogen-bond donors (Lipinski definition) is 1. The normalized spacial score (nSPS) is 12.5. The lowest BCUT2D eigenvalue weighted by Gasteiger charge is -2.15. The summed E-state index contributed by atoms with van der Waals surface area (Å²) in [6.45, 7) is 4.55. The van der Waals surface area contributed by atoms with Crippen LogP contribution in [-0.4, -0.2) is 22.9 Å². The van der Waals surface area contributed by atoms with Crippen LogP contribution in [0.4, 0.5) is 0 Å². The van der Waals surface area contributed by atoms with E-state index in [9.17, 15) is 0 Å². The molecule has 1 aromatic carbocycles. The molecule has 4 nitrogen and oxygen atoms in total. The van der Waals surface area contributed by atoms with Gasteiger partial charge in [-0.2, -0.15) is 5.10 Å². The Balaban J connectivity index is 1.87. The van der Waals surface area contributed by atoms with Crippen molar-refractivity contribution in [3.8, 4) is 0 Å². The zero-order valence-corrected chi connectivity index (χ0v) is 11.5. The van der Waals surface area contributed by atoms with E-state index in [1.165, 1.54) is 11.1 Å². The summed E-state index contributed by atoms with van der Waals surface area (Å²) in [5.41, 5.74) is 2.53. The Morgan fingerprint density at radius 2 is 2.05 bits per heavy atom. The molecule has 0 fully saturated rings. The maximum atomic E-state index is 5.22. The lowest BCUT2D eigenvalue weighted by molar-refractivity contribution is 0.184. The van der Waals surface area contributed by atoms with Gasteiger partial charge in [-0.25, -0.2) is 0 Å². The zero-order valence-electron chi connectivity index (χ0n) is 11.5. The van der Waals surface area contributed by atoms with Crippen molar-refractivity contribution in [2.75, 3.05) is 7.11 Å². The molecule has 0 radical (unpaired) electrons. The monoisotopic (exact) mass is 259 g/mol. The number of nitrogens with zero attached hydrogens (tertiary/aromatic N) is 2. The van der Waals surface area contributed by atoms with Crippen molar-refractivity contribution in [2.24, 2.45) is 0 Å². The fourth-order valence-corrected chi connectivity index (χ4v) is 2.06. The Bertz CT molecular complexity index is 482. The third-order valence-electron chi connectivity index (χ3n) is 3.08. The minimum atomic E-state index is 0.371. The number of aromatic nitrogens is 2. The first kappa shape index (κ1) is 13.8. The predicted molar refractivity (Wildman–Crippen MR) is 75.7 cm³/mol. The van der Waals surface area contributed by atoms with Crippen molar-refractivity contribution in [3.63, 3.8) is 0 Å². The number of rotatable bonds is 7. The smallest absolute Gasteiger partial charge is 0.0716 e. The third-order valence-corrected chi connectivity index (χ3v) is 3.08. The molecule has 0 aliphatic carbocycles. The molecule has 4 heteroatoms. The van der Waals surface area contributed by atoms with Gasteiger partial charge in [0, 0.05) is 32.1 Å². The molecule has 0 bridgehead atoms. The average Bonchev–Trinajstić information content (AvgIpc) is 2.91. The summed E-state index contributed by atoms with van der Waals surface area (Å²) in [5, 5.41) is 7.73. The third kappa shape index (κ3) is 4.19. The number of nitrogens with one attached hydrogen (secondary N) is 1. The van der Waals surface area contributed by atoms with Gasteiger partial charge in [0.15, 0.2) is 0 Å². The second kappa shape index (κ2) is 7.07. The molecule has 2 aromatic rings. The summed E-state index contributed by atoms with van der Waals surface area (Å²) >= 11 is 0. The minimum absolute atomic E-state index is 0.371. The summed E-state index contributed by atoms with van der Waals surface area (Å²) in [6.07, 6.45) is 3.79. The lowest BCUT2D eigenvalue weighted by Crippen LogP contribution is -2.30. The molecule has 0 saturated heterocycles. The number of ether oxygens (including phenoxy) is 1. The molecular weight excluding hydrogens is 238 g/mol. The lowest BCUT2D eigenvalue weighted by atomic mass is 10.1. The van der Waals surface area contributed by atoms with Crippen molar-refractivity contribution in [1.82, 2.24) is 15.1 Å². The van der Waals surface area contributed by atoms with E-state index < -0.39 is 0 Å². The first-order valence-corrected chi connectivity index (χ1v) is 6.56. The summed E-state index contributed by atoms with van der Waals surface area (Å²) in [4.78, 5) is 0. The Hall–Kier alpha value is -1.65. The van der Waals surface area contributed by atoms with E-state index in [0.717, 1.165) is 13.1 Å². The molecule has 0 aliphatic heterocycles. The molecule has 0 spiro atoms. The molecule has 1 heterocycles. The molecule has 1 atom stereocenters. The molecule has 1 N–H and O–H groups in total. The zero-order chi connectivity index (χ0) is 13.5. The summed E-state index contributed by atoms with van der Waals surface area (Å²) in [7, 11) is 1.73. The van der Waals surface area contributed by atoms with Crippen LogP contribution in [0.3, 0.4) is 0 Å². The fourth-order valence-electron chi connectivity index (χ4n) is 2.06. The molecule has 19 heavy (non-hydrogen) atoms. The SMILES string of the molecule is COCc1ccccc1CNC(C)Cn1cccn1. The van der Waals surface area contributed by atoms with Crippen molar-refractivity contribution >= 4 is 0 Å². The molecule has 0 aliphatic rings. The van der Waals surface area contributed by atoms with Gasteiger partial charge < -0.3 is 10.1 Å². The van der Waals surface area contributed by atoms with Crippen molar-refractivity contribution < 1.29 is 4.74 Å². The first-order chi connectivity index (χ1) is 9.29. The van der Waals surface area contributed by atoms with Gasteiger partial charge >= 0.3 is 0 Å². The maximum Gasteiger partial charge on any atom is 0.0716 e. The topological polar surface area (TPSA) is 39.1 Å². The van der Waals surface area contributed by atoms with Crippen molar-refractivity contribution in [1.29, 1.82) is 0 Å². The highest BCUT2D eigenvalue weighted by Gasteiger charge is 2.05. The van der Waals surface area contributed by atoms with E-state index in [1.54, 1.807) is 13.3 Å². The van der Waals surface area contributed by atoms with E-state index in [4.69, 9.17) is 4.74 Å². The Morgan fingerprint density at radius 1 is 1.26 bits per heavy atom. The van der Waals surface area contributed by atoms with Gasteiger partial charge in [-0.05, 0) is 24.1 Å². The number of methoxy groups -OCH3 is 1. The standard InChI is InChI=1S/C15H21N3O/c1-13(11-18-9-5-8-17-18)16-10-14-6-3-4-7-15(14)12-19-2/h3-9,13,16H,10-12H2,1-2H3. The highest BCUT2D eigenvalue weighted by Crippen LogP contribution is 2.10. The highest BCUT2D eigenvalue weighted by molar-refractivity contribution is 5.26. The molecule has 1 aromatic heterocycles. The Morgan fingerprint density at radius 3 is 2.74 bits per heavy atom. The van der Waals surface area contributed by atoms with Crippen LogP contribution >= 0.6 is 0 Å². The van der Waals surface area contributed by atoms with Gasteiger partial charge in [-0.3, -0.25) is 4.68 Å². The van der Waals surface area contributed by atoms with Crippen LogP contribution in [0.2, 0.25) is 0 Å². The van der Waals surface area contributed by atoms with Crippen LogP contribution in [0.25, 0.3) is 0 Å². The van der Waals surface area contributed by atoms with Crippen LogP contribution in [0, 0.1) is 0 Å². The van der Waals surface area contributed by atoms with Gasteiger partial charge in [0.2, 0.25) is 0 Å². The number of benzene rings is 1. The van der Waals surface area contributed by atoms with E-state index in [0.29, 0.717) is 12.6 Å². The highest BCUT2D eigenvalue weighted by atomic mass is 16.5. The summed E-state index contributed by atoms with van der Waals surface area (Å²) in [6, 6.07) is 10.7. The molecule has 2 rings (SSSR count). The Kier molecular flexibility index (Phi) is 5.12. The van der Waals surface area contributed by atoms with Crippen LogP contribution in [0.1, 0.15) is 18.1 Å². The second-order valence-corrected chi connectivity index (χ2v) is 4.71. The number of hydrogen-bond acceptors (Lipinski definition) is 3. The van der Waals surface area contributed by atoms with Gasteiger partial charge in [0.05, 0.1) is 13.2 Å². The molecule has 0 amide bonds. The quantitative estimate of drug-likeness (QED) is 0.828. The van der Waals surface area contributed by atoms with E-state index >= 15 is 0 Å². The van der Waals surface area contributed by atoms with Crippen LogP contribution in [0.15, 0.2) is 42.7 Å². The maximum absolute atomic E-state index is 5.22. The molecular formula is C15H21N3O. The van der Waals surface area contributed by atoms with E-state index in [2.05, 4.69) is 35.5 Å². The fraction of sp³-hybridized carbons (Fsp3) is 0.400. The predicted octanol–water partition coefficient (Wildman–Crippen LogP) is 2.21. The summed E-state index contributed by atoms with van der Waals surface area (Å²) in [5.74, 6) is 0. The largest absolute Gasteiger partial charge is 0.380 e. The minimum Gasteiger partial charge on any atom is -0.380 e. The second-order valence-electron chi connectivity index (χ2n) is 4.71. The van der Waals surface area contributed by atoms with Crippen LogP contribution in [0.5, 0.6) is 0 Å². The van der Waals surface area contributed by atoms with Gasteiger partial charge in [-0.1, -0.05) is 24.3 Å². The van der Waals surface area contributed by atoms with Gasteiger partial charge in [0.1, 0.15) is 0 Å². The van der Waals surface area contributed by atoms with E-state index in [1.807, 2.05) is 23.0 Å². The molecule has 0 saturated carbocycles. The van der Waals surface area contributed by atoms with Crippen LogP contribution < -0.4 is 5.32 Å². The molecule has 102 valence electrons. The van der Waals surface area contributed by atoms with E-state index in [-0.39, 0.29) is 0 Å². The van der Waals surface area contributed by atoms with Crippen LogP contribution in [-0.2, 0) is 24.4 Å². The van der Waals surface area contributed by atoms with Gasteiger partial charge in [0.25, 0.3) is 0 Å². The Labute approximate surface area is 114 Å². The first-order valence-electron chi connectivity index (χ1n) is 6.56. The van der Waals surface area contributed by atoms with Crippen molar-refractivity contribution in [2.45, 2.75) is 32.7 Å². The molecule has 1 unspecified atom stereocenters. The summed E-state index contributed by atoms with van der Waals surface area (Å²) < 4.78 is 7.16. The van der Waals surface area contributed by atoms with Gasteiger partial charge in [-0.15, -0.1) is 0 Å². The average molecular weight is 259 g/mol. The van der Waals surface area contributed by atoms with Crippen molar-refractivity contribution in [3.05, 3.63) is 53.9 Å².